The fourth-order valence-electron chi connectivity index (χ4n) is 1.95. The first-order chi connectivity index (χ1) is 9.63. The van der Waals surface area contributed by atoms with Gasteiger partial charge in [-0.2, -0.15) is 0 Å². The van der Waals surface area contributed by atoms with Crippen LogP contribution in [0.5, 0.6) is 11.5 Å². The van der Waals surface area contributed by atoms with Crippen LogP contribution < -0.4 is 14.8 Å². The normalized spacial score (nSPS) is 12.6. The Morgan fingerprint density at radius 2 is 2.00 bits per heavy atom. The van der Waals surface area contributed by atoms with Gasteiger partial charge in [-0.3, -0.25) is 0 Å². The fraction of sp³-hybridized carbons (Fsp3) is 0.143. The van der Waals surface area contributed by atoms with E-state index < -0.39 is 0 Å². The van der Waals surface area contributed by atoms with E-state index in [2.05, 4.69) is 37.2 Å². The van der Waals surface area contributed by atoms with E-state index in [4.69, 9.17) is 9.47 Å². The molecule has 0 radical (unpaired) electrons. The Labute approximate surface area is 132 Å². The quantitative estimate of drug-likeness (QED) is 0.807. The SMILES string of the molecule is Fc1cc(Br)ccc1NCc1cc(Br)c2c(c1)OCO2. The van der Waals surface area contributed by atoms with Crippen LogP contribution in [0.15, 0.2) is 39.3 Å². The van der Waals surface area contributed by atoms with Crippen molar-refractivity contribution in [2.24, 2.45) is 0 Å². The maximum absolute atomic E-state index is 13.7. The molecule has 2 aromatic carbocycles. The first-order valence-electron chi connectivity index (χ1n) is 5.90. The molecule has 6 heteroatoms. The number of fused-ring (bicyclic) bond motifs is 1. The molecule has 0 bridgehead atoms. The van der Waals surface area contributed by atoms with Crippen LogP contribution in [-0.2, 0) is 6.54 Å². The third-order valence-corrected chi connectivity index (χ3v) is 3.98. The monoisotopic (exact) mass is 401 g/mol. The summed E-state index contributed by atoms with van der Waals surface area (Å²) in [5, 5.41) is 3.06. The largest absolute Gasteiger partial charge is 0.454 e. The van der Waals surface area contributed by atoms with Crippen LogP contribution >= 0.6 is 31.9 Å². The molecule has 104 valence electrons. The molecule has 0 aliphatic carbocycles. The van der Waals surface area contributed by atoms with Crippen LogP contribution in [0, 0.1) is 5.82 Å². The Bertz CT molecular complexity index is 664. The molecule has 20 heavy (non-hydrogen) atoms. The Kier molecular flexibility index (Phi) is 3.85. The van der Waals surface area contributed by atoms with E-state index >= 15 is 0 Å². The van der Waals surface area contributed by atoms with Crippen molar-refractivity contribution < 1.29 is 13.9 Å². The number of halogens is 3. The van der Waals surface area contributed by atoms with E-state index in [1.165, 1.54) is 6.07 Å². The lowest BCUT2D eigenvalue weighted by Gasteiger charge is -2.09. The van der Waals surface area contributed by atoms with E-state index in [0.717, 1.165) is 10.0 Å². The average Bonchev–Trinajstić information content (AvgIpc) is 2.86. The summed E-state index contributed by atoms with van der Waals surface area (Å²) in [5.41, 5.74) is 1.44. The van der Waals surface area contributed by atoms with E-state index in [1.54, 1.807) is 12.1 Å². The predicted octanol–water partition coefficient (Wildman–Crippen LogP) is 4.69. The summed E-state index contributed by atoms with van der Waals surface area (Å²) in [7, 11) is 0. The molecule has 3 nitrogen and oxygen atoms in total. The molecule has 0 spiro atoms. The minimum Gasteiger partial charge on any atom is -0.454 e. The number of anilines is 1. The molecule has 0 saturated heterocycles. The molecule has 1 aliphatic heterocycles. The number of hydrogen-bond acceptors (Lipinski definition) is 3. The minimum atomic E-state index is -0.292. The predicted molar refractivity (Wildman–Crippen MR) is 81.7 cm³/mol. The topological polar surface area (TPSA) is 30.5 Å². The summed E-state index contributed by atoms with van der Waals surface area (Å²) < 4.78 is 25.9. The van der Waals surface area contributed by atoms with Crippen LogP contribution in [0.4, 0.5) is 10.1 Å². The summed E-state index contributed by atoms with van der Waals surface area (Å²) in [4.78, 5) is 0. The minimum absolute atomic E-state index is 0.228. The van der Waals surface area contributed by atoms with Crippen LogP contribution in [0.2, 0.25) is 0 Å². The van der Waals surface area contributed by atoms with Crippen molar-refractivity contribution in [3.63, 3.8) is 0 Å². The van der Waals surface area contributed by atoms with Gasteiger partial charge in [0.25, 0.3) is 0 Å². The van der Waals surface area contributed by atoms with E-state index in [1.807, 2.05) is 12.1 Å². The van der Waals surface area contributed by atoms with Gasteiger partial charge in [-0.25, -0.2) is 4.39 Å². The number of hydrogen-bond donors (Lipinski definition) is 1. The summed E-state index contributed by atoms with van der Waals surface area (Å²) in [5.74, 6) is 1.12. The van der Waals surface area contributed by atoms with Gasteiger partial charge in [-0.05, 0) is 51.8 Å². The molecule has 1 N–H and O–H groups in total. The Balaban J connectivity index is 1.77. The van der Waals surface area contributed by atoms with Gasteiger partial charge >= 0.3 is 0 Å². The second kappa shape index (κ2) is 5.61. The summed E-state index contributed by atoms with van der Waals surface area (Å²) >= 11 is 6.67. The Hall–Kier alpha value is -1.27. The van der Waals surface area contributed by atoms with Crippen LogP contribution in [-0.4, -0.2) is 6.79 Å². The molecule has 1 aliphatic rings. The number of nitrogens with one attached hydrogen (secondary N) is 1. The molecular formula is C14H10Br2FNO2. The maximum atomic E-state index is 13.7. The number of benzene rings is 2. The van der Waals surface area contributed by atoms with Gasteiger partial charge in [-0.1, -0.05) is 15.9 Å². The fourth-order valence-corrected chi connectivity index (χ4v) is 2.89. The van der Waals surface area contributed by atoms with E-state index in [9.17, 15) is 4.39 Å². The number of rotatable bonds is 3. The molecule has 1 heterocycles. The zero-order valence-corrected chi connectivity index (χ0v) is 13.4. The highest BCUT2D eigenvalue weighted by molar-refractivity contribution is 9.10. The Morgan fingerprint density at radius 3 is 2.80 bits per heavy atom. The van der Waals surface area contributed by atoms with Crippen molar-refractivity contribution in [3.8, 4) is 11.5 Å². The van der Waals surface area contributed by atoms with Crippen molar-refractivity contribution in [2.75, 3.05) is 12.1 Å². The van der Waals surface area contributed by atoms with Crippen molar-refractivity contribution in [1.29, 1.82) is 0 Å². The van der Waals surface area contributed by atoms with Gasteiger partial charge in [0, 0.05) is 11.0 Å². The molecule has 0 atom stereocenters. The highest BCUT2D eigenvalue weighted by Crippen LogP contribution is 2.40. The molecule has 0 unspecified atom stereocenters. The Morgan fingerprint density at radius 1 is 1.15 bits per heavy atom. The zero-order valence-electron chi connectivity index (χ0n) is 10.3. The van der Waals surface area contributed by atoms with Gasteiger partial charge in [-0.15, -0.1) is 0 Å². The second-order valence-corrected chi connectivity index (χ2v) is 6.06. The summed E-state index contributed by atoms with van der Waals surface area (Å²) in [6.45, 7) is 0.722. The van der Waals surface area contributed by atoms with E-state index in [-0.39, 0.29) is 12.6 Å². The smallest absolute Gasteiger partial charge is 0.231 e. The van der Waals surface area contributed by atoms with Crippen molar-refractivity contribution in [1.82, 2.24) is 0 Å². The van der Waals surface area contributed by atoms with Gasteiger partial charge < -0.3 is 14.8 Å². The van der Waals surface area contributed by atoms with Gasteiger partial charge in [0.05, 0.1) is 10.2 Å². The molecule has 0 fully saturated rings. The molecule has 3 rings (SSSR count). The highest BCUT2D eigenvalue weighted by atomic mass is 79.9. The van der Waals surface area contributed by atoms with Crippen LogP contribution in [0.1, 0.15) is 5.56 Å². The average molecular weight is 403 g/mol. The third-order valence-electron chi connectivity index (χ3n) is 2.90. The van der Waals surface area contributed by atoms with Crippen molar-refractivity contribution in [3.05, 3.63) is 50.7 Å². The lowest BCUT2D eigenvalue weighted by molar-refractivity contribution is 0.173. The zero-order chi connectivity index (χ0) is 14.1. The first kappa shape index (κ1) is 13.7. The molecule has 0 amide bonds. The first-order valence-corrected chi connectivity index (χ1v) is 7.49. The third kappa shape index (κ3) is 2.76. The molecule has 0 aromatic heterocycles. The van der Waals surface area contributed by atoms with Gasteiger partial charge in [0.2, 0.25) is 6.79 Å². The lowest BCUT2D eigenvalue weighted by atomic mass is 10.2. The lowest BCUT2D eigenvalue weighted by Crippen LogP contribution is -2.01. The number of ether oxygens (including phenoxy) is 2. The highest BCUT2D eigenvalue weighted by Gasteiger charge is 2.17. The summed E-state index contributed by atoms with van der Waals surface area (Å²) in [6.07, 6.45) is 0. The van der Waals surface area contributed by atoms with Crippen molar-refractivity contribution >= 4 is 37.5 Å². The van der Waals surface area contributed by atoms with Gasteiger partial charge in [0.1, 0.15) is 5.82 Å². The van der Waals surface area contributed by atoms with Crippen LogP contribution in [0.3, 0.4) is 0 Å². The van der Waals surface area contributed by atoms with Crippen LogP contribution in [0.25, 0.3) is 0 Å². The molecule has 2 aromatic rings. The van der Waals surface area contributed by atoms with Gasteiger partial charge in [0.15, 0.2) is 11.5 Å². The maximum Gasteiger partial charge on any atom is 0.231 e. The standard InChI is InChI=1S/C14H10Br2FNO2/c15-9-1-2-12(11(17)5-9)18-6-8-3-10(16)14-13(4-8)19-7-20-14/h1-5,18H,6-7H2. The van der Waals surface area contributed by atoms with E-state index in [0.29, 0.717) is 28.2 Å². The van der Waals surface area contributed by atoms with Crippen molar-refractivity contribution in [2.45, 2.75) is 6.54 Å². The molecular weight excluding hydrogens is 393 g/mol. The molecule has 0 saturated carbocycles. The second-order valence-electron chi connectivity index (χ2n) is 4.29. The summed E-state index contributed by atoms with van der Waals surface area (Å²) in [6, 6.07) is 8.73.